The SMILES string of the molecule is COc1ccc(-c2nnc(N3CCC4(C3)OCc3ccccc34)o2)cc1. The fraction of sp³-hybridized carbons (Fsp3) is 0.300. The Hall–Kier alpha value is -2.86. The molecule has 3 aromatic rings. The Bertz CT molecular complexity index is 937. The molecule has 1 saturated heterocycles. The van der Waals surface area contributed by atoms with Crippen LogP contribution in [0.4, 0.5) is 6.01 Å². The molecule has 1 unspecified atom stereocenters. The Morgan fingerprint density at radius 3 is 2.77 bits per heavy atom. The molecule has 1 fully saturated rings. The lowest BCUT2D eigenvalue weighted by Crippen LogP contribution is -2.30. The van der Waals surface area contributed by atoms with Crippen molar-refractivity contribution in [2.75, 3.05) is 25.1 Å². The van der Waals surface area contributed by atoms with Gasteiger partial charge in [0.1, 0.15) is 11.4 Å². The van der Waals surface area contributed by atoms with E-state index in [1.165, 1.54) is 11.1 Å². The summed E-state index contributed by atoms with van der Waals surface area (Å²) in [5.41, 5.74) is 3.18. The molecule has 0 radical (unpaired) electrons. The van der Waals surface area contributed by atoms with E-state index in [1.54, 1.807) is 7.11 Å². The first-order chi connectivity index (χ1) is 12.8. The number of aromatic nitrogens is 2. The third-order valence-electron chi connectivity index (χ3n) is 5.27. The van der Waals surface area contributed by atoms with Crippen molar-refractivity contribution in [1.29, 1.82) is 0 Å². The van der Waals surface area contributed by atoms with E-state index in [0.29, 0.717) is 18.5 Å². The topological polar surface area (TPSA) is 60.6 Å². The number of fused-ring (bicyclic) bond motifs is 2. The normalized spacial score (nSPS) is 21.3. The first-order valence-electron chi connectivity index (χ1n) is 8.73. The smallest absolute Gasteiger partial charge is 0.318 e. The third-order valence-corrected chi connectivity index (χ3v) is 5.27. The number of hydrogen-bond donors (Lipinski definition) is 0. The number of rotatable bonds is 3. The number of nitrogens with zero attached hydrogens (tertiary/aromatic N) is 3. The van der Waals surface area contributed by atoms with Crippen molar-refractivity contribution in [1.82, 2.24) is 10.2 Å². The third kappa shape index (κ3) is 2.37. The van der Waals surface area contributed by atoms with Gasteiger partial charge in [-0.1, -0.05) is 29.4 Å². The zero-order valence-corrected chi connectivity index (χ0v) is 14.5. The van der Waals surface area contributed by atoms with Crippen LogP contribution in [0.25, 0.3) is 11.5 Å². The summed E-state index contributed by atoms with van der Waals surface area (Å²) in [7, 11) is 1.65. The highest BCUT2D eigenvalue weighted by Crippen LogP contribution is 2.44. The van der Waals surface area contributed by atoms with Gasteiger partial charge in [0.05, 0.1) is 20.3 Å². The van der Waals surface area contributed by atoms with Crippen molar-refractivity contribution in [3.8, 4) is 17.2 Å². The van der Waals surface area contributed by atoms with Gasteiger partial charge in [-0.2, -0.15) is 0 Å². The number of hydrogen-bond acceptors (Lipinski definition) is 6. The number of benzene rings is 2. The second-order valence-electron chi connectivity index (χ2n) is 6.73. The number of anilines is 1. The van der Waals surface area contributed by atoms with E-state index in [2.05, 4.69) is 39.4 Å². The number of ether oxygens (including phenoxy) is 2. The van der Waals surface area contributed by atoms with Gasteiger partial charge < -0.3 is 18.8 Å². The molecule has 6 nitrogen and oxygen atoms in total. The molecule has 0 N–H and O–H groups in total. The molecule has 0 bridgehead atoms. The fourth-order valence-corrected chi connectivity index (χ4v) is 3.86. The summed E-state index contributed by atoms with van der Waals surface area (Å²) in [6.45, 7) is 2.23. The molecular formula is C20H19N3O3. The molecule has 1 aromatic heterocycles. The summed E-state index contributed by atoms with van der Waals surface area (Å²) in [5.74, 6) is 1.31. The summed E-state index contributed by atoms with van der Waals surface area (Å²) < 4.78 is 17.3. The predicted molar refractivity (Wildman–Crippen MR) is 96.0 cm³/mol. The van der Waals surface area contributed by atoms with Crippen molar-refractivity contribution in [3.05, 3.63) is 59.7 Å². The van der Waals surface area contributed by atoms with Gasteiger partial charge in [-0.25, -0.2) is 0 Å². The second kappa shape index (κ2) is 5.85. The fourth-order valence-electron chi connectivity index (χ4n) is 3.86. The zero-order valence-electron chi connectivity index (χ0n) is 14.5. The minimum Gasteiger partial charge on any atom is -0.497 e. The van der Waals surface area contributed by atoms with Crippen LogP contribution in [0.15, 0.2) is 52.9 Å². The minimum absolute atomic E-state index is 0.259. The van der Waals surface area contributed by atoms with E-state index in [-0.39, 0.29) is 5.60 Å². The Morgan fingerprint density at radius 1 is 1.08 bits per heavy atom. The summed E-state index contributed by atoms with van der Waals surface area (Å²) in [5, 5.41) is 8.46. The van der Waals surface area contributed by atoms with Crippen LogP contribution < -0.4 is 9.64 Å². The van der Waals surface area contributed by atoms with Gasteiger partial charge in [0, 0.05) is 18.5 Å². The van der Waals surface area contributed by atoms with E-state index in [4.69, 9.17) is 13.9 Å². The molecule has 1 spiro atoms. The highest BCUT2D eigenvalue weighted by atomic mass is 16.5. The Labute approximate surface area is 151 Å². The van der Waals surface area contributed by atoms with Gasteiger partial charge in [-0.3, -0.25) is 0 Å². The van der Waals surface area contributed by atoms with Gasteiger partial charge >= 0.3 is 6.01 Å². The van der Waals surface area contributed by atoms with Gasteiger partial charge in [0.25, 0.3) is 0 Å². The van der Waals surface area contributed by atoms with Crippen LogP contribution in [0.1, 0.15) is 17.5 Å². The lowest BCUT2D eigenvalue weighted by molar-refractivity contribution is -0.0206. The first kappa shape index (κ1) is 15.4. The Balaban J connectivity index is 1.38. The molecule has 26 heavy (non-hydrogen) atoms. The highest BCUT2D eigenvalue weighted by Gasteiger charge is 2.46. The summed E-state index contributed by atoms with van der Waals surface area (Å²) in [4.78, 5) is 2.11. The van der Waals surface area contributed by atoms with E-state index in [9.17, 15) is 0 Å². The Kier molecular flexibility index (Phi) is 3.46. The lowest BCUT2D eigenvalue weighted by atomic mass is 9.92. The van der Waals surface area contributed by atoms with Crippen LogP contribution in [0.5, 0.6) is 5.75 Å². The van der Waals surface area contributed by atoms with Crippen molar-refractivity contribution in [2.24, 2.45) is 0 Å². The second-order valence-corrected chi connectivity index (χ2v) is 6.73. The molecule has 2 aromatic carbocycles. The van der Waals surface area contributed by atoms with Gasteiger partial charge in [-0.05, 0) is 35.4 Å². The van der Waals surface area contributed by atoms with Crippen LogP contribution in [0.2, 0.25) is 0 Å². The molecule has 0 saturated carbocycles. The highest BCUT2D eigenvalue weighted by molar-refractivity contribution is 5.55. The monoisotopic (exact) mass is 349 g/mol. The Morgan fingerprint density at radius 2 is 1.92 bits per heavy atom. The number of methoxy groups -OCH3 is 1. The minimum atomic E-state index is -0.259. The molecule has 5 rings (SSSR count). The maximum Gasteiger partial charge on any atom is 0.318 e. The maximum atomic E-state index is 6.20. The van der Waals surface area contributed by atoms with Gasteiger partial charge in [0.2, 0.25) is 5.89 Å². The maximum absolute atomic E-state index is 6.20. The molecule has 0 amide bonds. The van der Waals surface area contributed by atoms with Gasteiger partial charge in [-0.15, -0.1) is 5.10 Å². The molecular weight excluding hydrogens is 330 g/mol. The standard InChI is InChI=1S/C20H19N3O3/c1-24-16-8-6-14(7-9-16)18-21-22-19(26-18)23-11-10-20(13-23)17-5-3-2-4-15(17)12-25-20/h2-9H,10-13H2,1H3. The van der Waals surface area contributed by atoms with Crippen molar-refractivity contribution < 1.29 is 13.9 Å². The predicted octanol–water partition coefficient (Wildman–Crippen LogP) is 3.38. The largest absolute Gasteiger partial charge is 0.497 e. The van der Waals surface area contributed by atoms with Crippen LogP contribution in [0.3, 0.4) is 0 Å². The van der Waals surface area contributed by atoms with E-state index in [1.807, 2.05) is 24.3 Å². The zero-order chi connectivity index (χ0) is 17.6. The molecule has 2 aliphatic heterocycles. The van der Waals surface area contributed by atoms with Crippen LogP contribution in [-0.2, 0) is 16.9 Å². The van der Waals surface area contributed by atoms with Gasteiger partial charge in [0.15, 0.2) is 0 Å². The van der Waals surface area contributed by atoms with Crippen LogP contribution >= 0.6 is 0 Å². The summed E-state index contributed by atoms with van der Waals surface area (Å²) >= 11 is 0. The molecule has 2 aliphatic rings. The summed E-state index contributed by atoms with van der Waals surface area (Å²) in [6, 6.07) is 16.6. The molecule has 3 heterocycles. The van der Waals surface area contributed by atoms with Crippen molar-refractivity contribution in [3.63, 3.8) is 0 Å². The van der Waals surface area contributed by atoms with Crippen LogP contribution in [0, 0.1) is 0 Å². The van der Waals surface area contributed by atoms with E-state index in [0.717, 1.165) is 30.8 Å². The first-order valence-corrected chi connectivity index (χ1v) is 8.73. The van der Waals surface area contributed by atoms with E-state index < -0.39 is 0 Å². The lowest BCUT2D eigenvalue weighted by Gasteiger charge is -2.24. The van der Waals surface area contributed by atoms with E-state index >= 15 is 0 Å². The van der Waals surface area contributed by atoms with Crippen molar-refractivity contribution in [2.45, 2.75) is 18.6 Å². The molecule has 0 aliphatic carbocycles. The molecule has 6 heteroatoms. The average molecular weight is 349 g/mol. The average Bonchev–Trinajstić information content (AvgIpc) is 3.42. The van der Waals surface area contributed by atoms with Crippen LogP contribution in [-0.4, -0.2) is 30.4 Å². The molecule has 132 valence electrons. The summed E-state index contributed by atoms with van der Waals surface area (Å²) in [6.07, 6.45) is 0.921. The quantitative estimate of drug-likeness (QED) is 0.722. The van der Waals surface area contributed by atoms with Crippen molar-refractivity contribution >= 4 is 6.01 Å². The molecule has 1 atom stereocenters.